The Kier molecular flexibility index (Phi) is 3.82. The number of alkyl halides is 1. The van der Waals surface area contributed by atoms with Crippen molar-refractivity contribution in [2.45, 2.75) is 25.6 Å². The van der Waals surface area contributed by atoms with E-state index in [1.54, 1.807) is 0 Å². The van der Waals surface area contributed by atoms with Crippen LogP contribution < -0.4 is 0 Å². The van der Waals surface area contributed by atoms with Crippen molar-refractivity contribution in [3.05, 3.63) is 69.4 Å². The Morgan fingerprint density at radius 3 is 2.60 bits per heavy atom. The number of hydrogen-bond donors (Lipinski definition) is 0. The molecule has 102 valence electrons. The van der Waals surface area contributed by atoms with Crippen LogP contribution in [0.3, 0.4) is 0 Å². The highest BCUT2D eigenvalue weighted by Crippen LogP contribution is 2.39. The molecule has 20 heavy (non-hydrogen) atoms. The van der Waals surface area contributed by atoms with E-state index in [1.807, 2.05) is 11.3 Å². The zero-order valence-electron chi connectivity index (χ0n) is 11.7. The van der Waals surface area contributed by atoms with Crippen LogP contribution in [0, 0.1) is 6.92 Å². The molecule has 0 bridgehead atoms. The minimum Gasteiger partial charge on any atom is -0.143 e. The lowest BCUT2D eigenvalue weighted by atomic mass is 9.96. The van der Waals surface area contributed by atoms with Gasteiger partial charge < -0.3 is 0 Å². The highest BCUT2D eigenvalue weighted by molar-refractivity contribution is 7.12. The van der Waals surface area contributed by atoms with Gasteiger partial charge >= 0.3 is 0 Å². The molecule has 0 aliphatic heterocycles. The van der Waals surface area contributed by atoms with Gasteiger partial charge in [-0.3, -0.25) is 0 Å². The van der Waals surface area contributed by atoms with Crippen molar-refractivity contribution in [3.63, 3.8) is 0 Å². The molecule has 0 radical (unpaired) electrons. The van der Waals surface area contributed by atoms with Gasteiger partial charge in [0.05, 0.1) is 5.38 Å². The summed E-state index contributed by atoms with van der Waals surface area (Å²) in [5.41, 5.74) is 2.50. The maximum Gasteiger partial charge on any atom is 0.0936 e. The summed E-state index contributed by atoms with van der Waals surface area (Å²) < 4.78 is 0. The largest absolute Gasteiger partial charge is 0.143 e. The van der Waals surface area contributed by atoms with E-state index in [1.165, 1.54) is 31.7 Å². The predicted octanol–water partition coefficient (Wildman–Crippen LogP) is 6.10. The van der Waals surface area contributed by atoms with Crippen molar-refractivity contribution in [3.8, 4) is 0 Å². The molecule has 0 N–H and O–H groups in total. The third kappa shape index (κ3) is 2.36. The van der Waals surface area contributed by atoms with Crippen molar-refractivity contribution < 1.29 is 0 Å². The molecule has 0 spiro atoms. The van der Waals surface area contributed by atoms with E-state index in [0.717, 1.165) is 6.42 Å². The summed E-state index contributed by atoms with van der Waals surface area (Å²) in [7, 11) is 0. The van der Waals surface area contributed by atoms with Crippen molar-refractivity contribution in [1.82, 2.24) is 0 Å². The van der Waals surface area contributed by atoms with Crippen molar-refractivity contribution >= 4 is 33.7 Å². The van der Waals surface area contributed by atoms with E-state index in [4.69, 9.17) is 11.6 Å². The minimum absolute atomic E-state index is 0.0635. The summed E-state index contributed by atoms with van der Waals surface area (Å²) >= 11 is 8.62. The van der Waals surface area contributed by atoms with Gasteiger partial charge in [-0.15, -0.1) is 22.9 Å². The number of halogens is 1. The maximum absolute atomic E-state index is 6.80. The molecule has 1 heterocycles. The standard InChI is InChI=1S/C18H17ClS/c1-3-14-10-11-16(20-14)18(19)17-12(2)8-9-13-6-4-5-7-15(13)17/h4-11,18H,3H2,1-2H3. The van der Waals surface area contributed by atoms with Crippen LogP contribution in [0.1, 0.15) is 33.2 Å². The number of thiophene rings is 1. The van der Waals surface area contributed by atoms with Gasteiger partial charge in [-0.1, -0.05) is 43.3 Å². The van der Waals surface area contributed by atoms with E-state index in [9.17, 15) is 0 Å². The summed E-state index contributed by atoms with van der Waals surface area (Å²) in [6, 6.07) is 17.2. The molecule has 0 aliphatic rings. The first-order chi connectivity index (χ1) is 9.70. The van der Waals surface area contributed by atoms with Gasteiger partial charge in [0.1, 0.15) is 0 Å². The monoisotopic (exact) mass is 300 g/mol. The van der Waals surface area contributed by atoms with Gasteiger partial charge in [-0.25, -0.2) is 0 Å². The summed E-state index contributed by atoms with van der Waals surface area (Å²) in [5.74, 6) is 0. The summed E-state index contributed by atoms with van der Waals surface area (Å²) in [6.07, 6.45) is 1.07. The number of aryl methyl sites for hydroxylation is 2. The fourth-order valence-corrected chi connectivity index (χ4v) is 4.04. The second kappa shape index (κ2) is 5.59. The van der Waals surface area contributed by atoms with Crippen LogP contribution >= 0.6 is 22.9 Å². The average Bonchev–Trinajstić information content (AvgIpc) is 2.95. The van der Waals surface area contributed by atoms with Crippen LogP contribution in [0.25, 0.3) is 10.8 Å². The molecule has 1 atom stereocenters. The summed E-state index contributed by atoms with van der Waals surface area (Å²) in [6.45, 7) is 4.33. The van der Waals surface area contributed by atoms with Crippen molar-refractivity contribution in [2.24, 2.45) is 0 Å². The van der Waals surface area contributed by atoms with E-state index < -0.39 is 0 Å². The molecule has 0 saturated heterocycles. The van der Waals surface area contributed by atoms with Gasteiger partial charge in [0.2, 0.25) is 0 Å². The molecule has 0 fully saturated rings. The van der Waals surface area contributed by atoms with Crippen LogP contribution in [0.5, 0.6) is 0 Å². The molecule has 3 aromatic rings. The molecule has 0 nitrogen and oxygen atoms in total. The smallest absolute Gasteiger partial charge is 0.0936 e. The molecule has 2 heteroatoms. The van der Waals surface area contributed by atoms with Gasteiger partial charge in [0.15, 0.2) is 0 Å². The zero-order chi connectivity index (χ0) is 14.1. The number of fused-ring (bicyclic) bond motifs is 1. The Morgan fingerprint density at radius 2 is 1.85 bits per heavy atom. The van der Waals surface area contributed by atoms with Gasteiger partial charge in [0.25, 0.3) is 0 Å². The Labute approximate surface area is 129 Å². The molecule has 2 aromatic carbocycles. The summed E-state index contributed by atoms with van der Waals surface area (Å²) in [4.78, 5) is 2.63. The van der Waals surface area contributed by atoms with Crippen molar-refractivity contribution in [2.75, 3.05) is 0 Å². The Balaban J connectivity index is 2.15. The first-order valence-electron chi connectivity index (χ1n) is 6.91. The molecule has 3 rings (SSSR count). The normalized spacial score (nSPS) is 12.8. The van der Waals surface area contributed by atoms with Gasteiger partial charge in [0, 0.05) is 9.75 Å². The van der Waals surface area contributed by atoms with Crippen LogP contribution in [0.4, 0.5) is 0 Å². The van der Waals surface area contributed by atoms with Gasteiger partial charge in [-0.05, 0) is 47.4 Å². The lowest BCUT2D eigenvalue weighted by Gasteiger charge is -2.15. The maximum atomic E-state index is 6.80. The minimum atomic E-state index is -0.0635. The zero-order valence-corrected chi connectivity index (χ0v) is 13.3. The quantitative estimate of drug-likeness (QED) is 0.513. The predicted molar refractivity (Wildman–Crippen MR) is 90.1 cm³/mol. The Morgan fingerprint density at radius 1 is 1.05 bits per heavy atom. The van der Waals surface area contributed by atoms with Gasteiger partial charge in [-0.2, -0.15) is 0 Å². The second-order valence-corrected chi connectivity index (χ2v) is 6.67. The third-order valence-electron chi connectivity index (χ3n) is 3.72. The van der Waals surface area contributed by atoms with Crippen LogP contribution in [0.2, 0.25) is 0 Å². The molecule has 1 unspecified atom stereocenters. The van der Waals surface area contributed by atoms with Crippen LogP contribution in [-0.4, -0.2) is 0 Å². The molecule has 0 saturated carbocycles. The molecule has 0 amide bonds. The fourth-order valence-electron chi connectivity index (χ4n) is 2.60. The second-order valence-electron chi connectivity index (χ2n) is 5.04. The van der Waals surface area contributed by atoms with E-state index in [2.05, 4.69) is 62.4 Å². The number of rotatable bonds is 3. The third-order valence-corrected chi connectivity index (χ3v) is 5.60. The highest BCUT2D eigenvalue weighted by atomic mass is 35.5. The first-order valence-corrected chi connectivity index (χ1v) is 8.17. The van der Waals surface area contributed by atoms with E-state index in [-0.39, 0.29) is 5.38 Å². The molecule has 1 aromatic heterocycles. The molecular weight excluding hydrogens is 284 g/mol. The van der Waals surface area contributed by atoms with Crippen molar-refractivity contribution in [1.29, 1.82) is 0 Å². The Hall–Kier alpha value is -1.31. The first kappa shape index (κ1) is 13.7. The SMILES string of the molecule is CCc1ccc(C(Cl)c2c(C)ccc3ccccc23)s1. The van der Waals surface area contributed by atoms with Crippen LogP contribution in [0.15, 0.2) is 48.5 Å². The molecule has 0 aliphatic carbocycles. The topological polar surface area (TPSA) is 0 Å². The van der Waals surface area contributed by atoms with E-state index in [0.29, 0.717) is 0 Å². The lowest BCUT2D eigenvalue weighted by molar-refractivity contribution is 1.17. The lowest BCUT2D eigenvalue weighted by Crippen LogP contribution is -1.95. The number of benzene rings is 2. The van der Waals surface area contributed by atoms with Crippen LogP contribution in [-0.2, 0) is 6.42 Å². The Bertz CT molecular complexity index is 742. The summed E-state index contributed by atoms with van der Waals surface area (Å²) in [5, 5.41) is 2.45. The number of hydrogen-bond acceptors (Lipinski definition) is 1. The average molecular weight is 301 g/mol. The fraction of sp³-hybridized carbons (Fsp3) is 0.222. The molecular formula is C18H17ClS. The highest BCUT2D eigenvalue weighted by Gasteiger charge is 2.17. The van der Waals surface area contributed by atoms with E-state index >= 15 is 0 Å².